The van der Waals surface area contributed by atoms with Gasteiger partial charge in [-0.05, 0) is 17.7 Å². The molecule has 6 heteroatoms. The Morgan fingerprint density at radius 3 is 2.52 bits per heavy atom. The zero-order chi connectivity index (χ0) is 18.5. The number of nitrogens with zero attached hydrogens (tertiary/aromatic N) is 3. The Balaban J connectivity index is 1.21. The lowest BCUT2D eigenvalue weighted by Gasteiger charge is -2.34. The van der Waals surface area contributed by atoms with E-state index in [2.05, 4.69) is 33.1 Å². The fraction of sp³-hybridized carbons (Fsp3) is 0.333. The van der Waals surface area contributed by atoms with Gasteiger partial charge >= 0.3 is 0 Å². The molecule has 140 valence electrons. The molecule has 0 atom stereocenters. The molecular formula is C21H24N4OS. The highest BCUT2D eigenvalue weighted by Crippen LogP contribution is 2.15. The maximum Gasteiger partial charge on any atom is 0.232 e. The standard InChI is InChI=1S/C21H24N4OS/c26-21(16-27-15-17-6-2-1-3-7-17)25-12-10-24(11-13-25)14-20-22-18-8-4-5-9-19(18)23-20/h1-9H,10-16H2,(H,22,23). The minimum Gasteiger partial charge on any atom is -0.341 e. The monoisotopic (exact) mass is 380 g/mol. The SMILES string of the molecule is O=C(CSCc1ccccc1)N1CCN(Cc2nc3ccccc3[nH]2)CC1. The second-order valence-electron chi connectivity index (χ2n) is 6.84. The van der Waals surface area contributed by atoms with Crippen LogP contribution in [0.4, 0.5) is 0 Å². The molecule has 2 heterocycles. The van der Waals surface area contributed by atoms with Crippen molar-refractivity contribution in [3.8, 4) is 0 Å². The zero-order valence-corrected chi connectivity index (χ0v) is 16.1. The number of nitrogens with one attached hydrogen (secondary N) is 1. The summed E-state index contributed by atoms with van der Waals surface area (Å²) >= 11 is 1.69. The molecule has 0 spiro atoms. The summed E-state index contributed by atoms with van der Waals surface area (Å²) in [6, 6.07) is 18.4. The Morgan fingerprint density at radius 1 is 1.00 bits per heavy atom. The molecule has 5 nitrogen and oxygen atoms in total. The van der Waals surface area contributed by atoms with Crippen molar-refractivity contribution in [3.63, 3.8) is 0 Å². The van der Waals surface area contributed by atoms with Gasteiger partial charge in [-0.2, -0.15) is 0 Å². The molecule has 1 fully saturated rings. The highest BCUT2D eigenvalue weighted by Gasteiger charge is 2.21. The minimum absolute atomic E-state index is 0.249. The van der Waals surface area contributed by atoms with Gasteiger partial charge in [0.15, 0.2) is 0 Å². The van der Waals surface area contributed by atoms with Gasteiger partial charge in [0.2, 0.25) is 5.91 Å². The molecule has 1 aliphatic heterocycles. The Morgan fingerprint density at radius 2 is 1.74 bits per heavy atom. The summed E-state index contributed by atoms with van der Waals surface area (Å²) in [5.74, 6) is 2.69. The summed E-state index contributed by atoms with van der Waals surface area (Å²) in [7, 11) is 0. The molecule has 0 aliphatic carbocycles. The summed E-state index contributed by atoms with van der Waals surface area (Å²) in [6.45, 7) is 4.19. The predicted molar refractivity (Wildman–Crippen MR) is 111 cm³/mol. The molecule has 0 bridgehead atoms. The molecule has 3 aromatic rings. The number of hydrogen-bond donors (Lipinski definition) is 1. The van der Waals surface area contributed by atoms with Crippen molar-refractivity contribution in [2.75, 3.05) is 31.9 Å². The van der Waals surface area contributed by atoms with Crippen LogP contribution in [0.2, 0.25) is 0 Å². The van der Waals surface area contributed by atoms with E-state index in [0.717, 1.165) is 55.3 Å². The molecule has 1 saturated heterocycles. The quantitative estimate of drug-likeness (QED) is 0.714. The average molecular weight is 381 g/mol. The number of hydrogen-bond acceptors (Lipinski definition) is 4. The number of piperazine rings is 1. The zero-order valence-electron chi connectivity index (χ0n) is 15.3. The van der Waals surface area contributed by atoms with Gasteiger partial charge in [0.25, 0.3) is 0 Å². The van der Waals surface area contributed by atoms with Gasteiger partial charge in [0, 0.05) is 31.9 Å². The second-order valence-corrected chi connectivity index (χ2v) is 7.82. The molecule has 1 aliphatic rings. The van der Waals surface area contributed by atoms with Crippen LogP contribution in [0.5, 0.6) is 0 Å². The van der Waals surface area contributed by atoms with Crippen molar-refractivity contribution >= 4 is 28.7 Å². The molecule has 1 N–H and O–H groups in total. The van der Waals surface area contributed by atoms with Crippen molar-refractivity contribution < 1.29 is 4.79 Å². The summed E-state index contributed by atoms with van der Waals surface area (Å²) in [4.78, 5) is 24.8. The highest BCUT2D eigenvalue weighted by molar-refractivity contribution is 7.99. The van der Waals surface area contributed by atoms with E-state index in [9.17, 15) is 4.79 Å². The largest absolute Gasteiger partial charge is 0.341 e. The van der Waals surface area contributed by atoms with E-state index in [1.807, 2.05) is 41.3 Å². The molecule has 27 heavy (non-hydrogen) atoms. The number of fused-ring (bicyclic) bond motifs is 1. The maximum atomic E-state index is 12.4. The molecule has 2 aromatic carbocycles. The number of rotatable bonds is 6. The van der Waals surface area contributed by atoms with Crippen LogP contribution in [-0.4, -0.2) is 57.6 Å². The number of H-pyrrole nitrogens is 1. The van der Waals surface area contributed by atoms with Crippen LogP contribution in [0.3, 0.4) is 0 Å². The maximum absolute atomic E-state index is 12.4. The van der Waals surface area contributed by atoms with Gasteiger partial charge in [-0.15, -0.1) is 11.8 Å². The van der Waals surface area contributed by atoms with Gasteiger partial charge in [-0.3, -0.25) is 9.69 Å². The molecule has 0 saturated carbocycles. The van der Waals surface area contributed by atoms with E-state index in [-0.39, 0.29) is 5.91 Å². The normalized spacial score (nSPS) is 15.3. The molecule has 0 radical (unpaired) electrons. The van der Waals surface area contributed by atoms with E-state index in [4.69, 9.17) is 0 Å². The molecule has 1 amide bonds. The van der Waals surface area contributed by atoms with E-state index in [0.29, 0.717) is 5.75 Å². The Hall–Kier alpha value is -2.31. The third kappa shape index (κ3) is 4.70. The number of imidazole rings is 1. The van der Waals surface area contributed by atoms with E-state index in [1.54, 1.807) is 11.8 Å². The predicted octanol–water partition coefficient (Wildman–Crippen LogP) is 3.14. The molecule has 0 unspecified atom stereocenters. The second kappa shape index (κ2) is 8.59. The third-order valence-electron chi connectivity index (χ3n) is 4.87. The van der Waals surface area contributed by atoms with Crippen LogP contribution in [0.1, 0.15) is 11.4 Å². The minimum atomic E-state index is 0.249. The van der Waals surface area contributed by atoms with Crippen LogP contribution >= 0.6 is 11.8 Å². The van der Waals surface area contributed by atoms with Crippen LogP contribution in [0.15, 0.2) is 54.6 Å². The number of carbonyl (C=O) groups excluding carboxylic acids is 1. The molecular weight excluding hydrogens is 356 g/mol. The lowest BCUT2D eigenvalue weighted by atomic mass is 10.2. The summed E-state index contributed by atoms with van der Waals surface area (Å²) in [5, 5.41) is 0. The Kier molecular flexibility index (Phi) is 5.75. The fourth-order valence-electron chi connectivity index (χ4n) is 3.37. The number of thioether (sulfide) groups is 1. The van der Waals surface area contributed by atoms with Crippen molar-refractivity contribution in [2.45, 2.75) is 12.3 Å². The van der Waals surface area contributed by atoms with Gasteiger partial charge in [0.05, 0.1) is 23.3 Å². The lowest BCUT2D eigenvalue weighted by Crippen LogP contribution is -2.48. The highest BCUT2D eigenvalue weighted by atomic mass is 32.2. The third-order valence-corrected chi connectivity index (χ3v) is 5.86. The first-order valence-corrected chi connectivity index (χ1v) is 10.5. The van der Waals surface area contributed by atoms with E-state index >= 15 is 0 Å². The Labute approximate surface area is 163 Å². The van der Waals surface area contributed by atoms with Gasteiger partial charge < -0.3 is 9.88 Å². The number of carbonyl (C=O) groups is 1. The van der Waals surface area contributed by atoms with Gasteiger partial charge in [-0.25, -0.2) is 4.98 Å². The smallest absolute Gasteiger partial charge is 0.232 e. The summed E-state index contributed by atoms with van der Waals surface area (Å²) in [5.41, 5.74) is 3.36. The average Bonchev–Trinajstić information content (AvgIpc) is 3.11. The van der Waals surface area contributed by atoms with Crippen LogP contribution in [-0.2, 0) is 17.1 Å². The van der Waals surface area contributed by atoms with Gasteiger partial charge in [-0.1, -0.05) is 42.5 Å². The van der Waals surface area contributed by atoms with Crippen molar-refractivity contribution in [2.24, 2.45) is 0 Å². The molecule has 4 rings (SSSR count). The number of amides is 1. The lowest BCUT2D eigenvalue weighted by molar-refractivity contribution is -0.130. The first-order chi connectivity index (χ1) is 13.3. The van der Waals surface area contributed by atoms with E-state index in [1.165, 1.54) is 5.56 Å². The van der Waals surface area contributed by atoms with Crippen molar-refractivity contribution in [1.82, 2.24) is 19.8 Å². The summed E-state index contributed by atoms with van der Waals surface area (Å²) < 4.78 is 0. The van der Waals surface area contributed by atoms with Crippen molar-refractivity contribution in [3.05, 3.63) is 66.0 Å². The van der Waals surface area contributed by atoms with Crippen LogP contribution in [0, 0.1) is 0 Å². The summed E-state index contributed by atoms with van der Waals surface area (Å²) in [6.07, 6.45) is 0. The Bertz CT molecular complexity index is 854. The number of benzene rings is 2. The first kappa shape index (κ1) is 18.1. The van der Waals surface area contributed by atoms with Gasteiger partial charge in [0.1, 0.15) is 5.82 Å². The number of para-hydroxylation sites is 2. The molecule has 1 aromatic heterocycles. The number of aromatic amines is 1. The fourth-order valence-corrected chi connectivity index (χ4v) is 4.26. The number of aromatic nitrogens is 2. The first-order valence-electron chi connectivity index (χ1n) is 9.33. The van der Waals surface area contributed by atoms with Crippen LogP contribution < -0.4 is 0 Å². The van der Waals surface area contributed by atoms with E-state index < -0.39 is 0 Å². The topological polar surface area (TPSA) is 52.2 Å². The van der Waals surface area contributed by atoms with Crippen molar-refractivity contribution in [1.29, 1.82) is 0 Å². The van der Waals surface area contributed by atoms with Crippen LogP contribution in [0.25, 0.3) is 11.0 Å².